The number of thioether (sulfide) groups is 1. The van der Waals surface area contributed by atoms with Gasteiger partial charge in [0.25, 0.3) is 0 Å². The Morgan fingerprint density at radius 2 is 1.88 bits per heavy atom. The maximum Gasteiger partial charge on any atom is 0.240 e. The van der Waals surface area contributed by atoms with Crippen molar-refractivity contribution in [3.63, 3.8) is 0 Å². The minimum Gasteiger partial charge on any atom is -0.211 e. The molecule has 0 amide bonds. The van der Waals surface area contributed by atoms with E-state index in [4.69, 9.17) is 0 Å². The molecule has 1 N–H and O–H groups in total. The Kier molecular flexibility index (Phi) is 5.31. The van der Waals surface area contributed by atoms with E-state index < -0.39 is 10.0 Å². The molecule has 0 saturated heterocycles. The normalized spacial score (nSPS) is 11.6. The monoisotopic (exact) mass is 259 g/mol. The molecule has 0 aromatic heterocycles. The third-order valence-electron chi connectivity index (χ3n) is 2.19. The van der Waals surface area contributed by atoms with Crippen LogP contribution in [0.25, 0.3) is 0 Å². The average Bonchev–Trinajstić information content (AvgIpc) is 2.29. The lowest BCUT2D eigenvalue weighted by atomic mass is 10.3. The van der Waals surface area contributed by atoms with Crippen LogP contribution in [-0.2, 0) is 10.0 Å². The van der Waals surface area contributed by atoms with Crippen molar-refractivity contribution in [1.82, 2.24) is 4.72 Å². The van der Waals surface area contributed by atoms with Gasteiger partial charge in [0, 0.05) is 11.4 Å². The summed E-state index contributed by atoms with van der Waals surface area (Å²) in [4.78, 5) is 1.40. The minimum absolute atomic E-state index is 0.335. The van der Waals surface area contributed by atoms with Crippen molar-refractivity contribution >= 4 is 21.8 Å². The molecule has 0 saturated carbocycles. The number of hydrogen-bond acceptors (Lipinski definition) is 3. The van der Waals surface area contributed by atoms with Crippen LogP contribution in [0.15, 0.2) is 34.1 Å². The highest BCUT2D eigenvalue weighted by Gasteiger charge is 2.12. The molecule has 0 bridgehead atoms. The lowest BCUT2D eigenvalue weighted by Crippen LogP contribution is -2.24. The Labute approximate surface area is 102 Å². The minimum atomic E-state index is -3.32. The van der Waals surface area contributed by atoms with Gasteiger partial charge in [-0.1, -0.05) is 13.3 Å². The van der Waals surface area contributed by atoms with Crippen molar-refractivity contribution in [2.75, 3.05) is 12.8 Å². The van der Waals surface area contributed by atoms with Gasteiger partial charge >= 0.3 is 0 Å². The van der Waals surface area contributed by atoms with Crippen LogP contribution in [-0.4, -0.2) is 21.2 Å². The van der Waals surface area contributed by atoms with Crippen molar-refractivity contribution in [2.24, 2.45) is 0 Å². The van der Waals surface area contributed by atoms with E-state index in [-0.39, 0.29) is 0 Å². The lowest BCUT2D eigenvalue weighted by Gasteiger charge is -2.06. The van der Waals surface area contributed by atoms with E-state index in [9.17, 15) is 8.42 Å². The summed E-state index contributed by atoms with van der Waals surface area (Å²) in [5.41, 5.74) is 0. The molecule has 90 valence electrons. The second kappa shape index (κ2) is 6.27. The zero-order chi connectivity index (χ0) is 12.0. The lowest BCUT2D eigenvalue weighted by molar-refractivity contribution is 0.578. The summed E-state index contributed by atoms with van der Waals surface area (Å²) in [6, 6.07) is 6.92. The van der Waals surface area contributed by atoms with E-state index in [0.29, 0.717) is 11.4 Å². The molecular weight excluding hydrogens is 242 g/mol. The summed E-state index contributed by atoms with van der Waals surface area (Å²) in [5.74, 6) is 0. The summed E-state index contributed by atoms with van der Waals surface area (Å²) in [5, 5.41) is 0. The maximum atomic E-state index is 11.8. The molecule has 1 aromatic rings. The topological polar surface area (TPSA) is 46.2 Å². The standard InChI is InChI=1S/C11H17NO2S2/c1-3-4-9-12-16(13,14)11-7-5-10(15-2)6-8-11/h5-8,12H,3-4,9H2,1-2H3. The molecule has 1 aromatic carbocycles. The highest BCUT2D eigenvalue weighted by Crippen LogP contribution is 2.17. The second-order valence-corrected chi connectivity index (χ2v) is 6.07. The molecule has 0 aliphatic rings. The Balaban J connectivity index is 2.74. The SMILES string of the molecule is CCCCNS(=O)(=O)c1ccc(SC)cc1. The van der Waals surface area contributed by atoms with Gasteiger partial charge in [0.2, 0.25) is 10.0 Å². The summed E-state index contributed by atoms with van der Waals surface area (Å²) in [6.07, 6.45) is 3.80. The quantitative estimate of drug-likeness (QED) is 0.630. The van der Waals surface area contributed by atoms with Crippen LogP contribution in [0, 0.1) is 0 Å². The highest BCUT2D eigenvalue weighted by molar-refractivity contribution is 7.98. The van der Waals surface area contributed by atoms with Crippen LogP contribution in [0.3, 0.4) is 0 Å². The fourth-order valence-corrected chi connectivity index (χ4v) is 2.70. The number of rotatable bonds is 6. The van der Waals surface area contributed by atoms with Crippen LogP contribution in [0.5, 0.6) is 0 Å². The smallest absolute Gasteiger partial charge is 0.211 e. The molecular formula is C11H17NO2S2. The number of hydrogen-bond donors (Lipinski definition) is 1. The van der Waals surface area contributed by atoms with Crippen molar-refractivity contribution in [1.29, 1.82) is 0 Å². The average molecular weight is 259 g/mol. The fourth-order valence-electron chi connectivity index (χ4n) is 1.22. The van der Waals surface area contributed by atoms with E-state index in [0.717, 1.165) is 17.7 Å². The molecule has 0 radical (unpaired) electrons. The first-order valence-electron chi connectivity index (χ1n) is 5.24. The Bertz CT molecular complexity index is 412. The number of unbranched alkanes of at least 4 members (excludes halogenated alkanes) is 1. The van der Waals surface area contributed by atoms with Gasteiger partial charge in [-0.05, 0) is 36.9 Å². The molecule has 0 atom stereocenters. The van der Waals surface area contributed by atoms with Crippen LogP contribution < -0.4 is 4.72 Å². The molecule has 0 unspecified atom stereocenters. The summed E-state index contributed by atoms with van der Waals surface area (Å²) in [6.45, 7) is 2.53. The zero-order valence-electron chi connectivity index (χ0n) is 9.56. The molecule has 3 nitrogen and oxygen atoms in total. The van der Waals surface area contributed by atoms with Gasteiger partial charge < -0.3 is 0 Å². The van der Waals surface area contributed by atoms with E-state index >= 15 is 0 Å². The zero-order valence-corrected chi connectivity index (χ0v) is 11.2. The summed E-state index contributed by atoms with van der Waals surface area (Å²) < 4.78 is 26.2. The summed E-state index contributed by atoms with van der Waals surface area (Å²) >= 11 is 1.59. The van der Waals surface area contributed by atoms with E-state index in [1.165, 1.54) is 0 Å². The van der Waals surface area contributed by atoms with Crippen LogP contribution in [0.2, 0.25) is 0 Å². The molecule has 0 aliphatic heterocycles. The molecule has 16 heavy (non-hydrogen) atoms. The Morgan fingerprint density at radius 1 is 1.25 bits per heavy atom. The first kappa shape index (κ1) is 13.5. The van der Waals surface area contributed by atoms with Crippen molar-refractivity contribution in [2.45, 2.75) is 29.6 Å². The summed E-state index contributed by atoms with van der Waals surface area (Å²) in [7, 11) is -3.32. The van der Waals surface area contributed by atoms with Gasteiger partial charge in [-0.15, -0.1) is 11.8 Å². The first-order valence-corrected chi connectivity index (χ1v) is 7.94. The highest BCUT2D eigenvalue weighted by atomic mass is 32.2. The van der Waals surface area contributed by atoms with Crippen LogP contribution in [0.1, 0.15) is 19.8 Å². The first-order chi connectivity index (χ1) is 7.60. The van der Waals surface area contributed by atoms with Crippen LogP contribution >= 0.6 is 11.8 Å². The van der Waals surface area contributed by atoms with Gasteiger partial charge in [0.05, 0.1) is 4.90 Å². The predicted molar refractivity (Wildman–Crippen MR) is 68.3 cm³/mol. The van der Waals surface area contributed by atoms with Gasteiger partial charge in [-0.3, -0.25) is 0 Å². The molecule has 5 heteroatoms. The Morgan fingerprint density at radius 3 is 2.38 bits per heavy atom. The van der Waals surface area contributed by atoms with E-state index in [1.54, 1.807) is 23.9 Å². The fraction of sp³-hybridized carbons (Fsp3) is 0.455. The molecule has 0 fully saturated rings. The van der Waals surface area contributed by atoms with E-state index in [1.807, 2.05) is 25.3 Å². The molecule has 0 heterocycles. The maximum absolute atomic E-state index is 11.8. The van der Waals surface area contributed by atoms with Crippen molar-refractivity contribution in [3.05, 3.63) is 24.3 Å². The largest absolute Gasteiger partial charge is 0.240 e. The Hall–Kier alpha value is -0.520. The molecule has 0 spiro atoms. The molecule has 1 rings (SSSR count). The number of nitrogens with one attached hydrogen (secondary N) is 1. The van der Waals surface area contributed by atoms with Gasteiger partial charge in [0.1, 0.15) is 0 Å². The predicted octanol–water partition coefficient (Wildman–Crippen LogP) is 2.49. The third-order valence-corrected chi connectivity index (χ3v) is 4.41. The molecule has 0 aliphatic carbocycles. The number of sulfonamides is 1. The van der Waals surface area contributed by atoms with E-state index in [2.05, 4.69) is 4.72 Å². The third kappa shape index (κ3) is 3.81. The van der Waals surface area contributed by atoms with Gasteiger partial charge in [0.15, 0.2) is 0 Å². The number of benzene rings is 1. The van der Waals surface area contributed by atoms with Crippen LogP contribution in [0.4, 0.5) is 0 Å². The van der Waals surface area contributed by atoms with Crippen molar-refractivity contribution in [3.8, 4) is 0 Å². The van der Waals surface area contributed by atoms with Gasteiger partial charge in [-0.25, -0.2) is 13.1 Å². The second-order valence-electron chi connectivity index (χ2n) is 3.43. The van der Waals surface area contributed by atoms with Gasteiger partial charge in [-0.2, -0.15) is 0 Å². The van der Waals surface area contributed by atoms with Crippen molar-refractivity contribution < 1.29 is 8.42 Å².